The molecule has 0 spiro atoms. The molecule has 118 valence electrons. The molecule has 1 amide bonds. The third-order valence-corrected chi connectivity index (χ3v) is 3.36. The number of hydrogen-bond acceptors (Lipinski definition) is 3. The Hall–Kier alpha value is -2.07. The van der Waals surface area contributed by atoms with E-state index in [0.717, 1.165) is 16.5 Å². The second-order valence-corrected chi connectivity index (χ2v) is 6.40. The Labute approximate surface area is 131 Å². The normalized spacial score (nSPS) is 12.9. The lowest BCUT2D eigenvalue weighted by Gasteiger charge is -2.20. The summed E-state index contributed by atoms with van der Waals surface area (Å²) in [6.07, 6.45) is -0.745. The maximum Gasteiger partial charge on any atom is 0.225 e. The van der Waals surface area contributed by atoms with Gasteiger partial charge < -0.3 is 15.2 Å². The second-order valence-electron chi connectivity index (χ2n) is 6.40. The molecule has 0 radical (unpaired) electrons. The van der Waals surface area contributed by atoms with E-state index >= 15 is 0 Å². The van der Waals surface area contributed by atoms with Gasteiger partial charge in [0.15, 0.2) is 0 Å². The largest absolute Gasteiger partial charge is 0.490 e. The molecule has 0 heterocycles. The van der Waals surface area contributed by atoms with Crippen LogP contribution < -0.4 is 10.1 Å². The zero-order valence-electron chi connectivity index (χ0n) is 13.3. The molecule has 0 aliphatic heterocycles. The number of carbonyl (C=O) groups is 1. The molecule has 2 aromatic rings. The van der Waals surface area contributed by atoms with Crippen molar-refractivity contribution in [1.82, 2.24) is 5.32 Å². The van der Waals surface area contributed by atoms with Gasteiger partial charge in [0.1, 0.15) is 18.5 Å². The van der Waals surface area contributed by atoms with E-state index in [1.165, 1.54) is 0 Å². The van der Waals surface area contributed by atoms with Crippen LogP contribution in [0.4, 0.5) is 0 Å². The highest BCUT2D eigenvalue weighted by Gasteiger charge is 2.21. The van der Waals surface area contributed by atoms with Gasteiger partial charge >= 0.3 is 0 Å². The molecule has 0 saturated heterocycles. The van der Waals surface area contributed by atoms with E-state index in [-0.39, 0.29) is 19.1 Å². The van der Waals surface area contributed by atoms with E-state index in [4.69, 9.17) is 4.74 Å². The smallest absolute Gasteiger partial charge is 0.225 e. The van der Waals surface area contributed by atoms with Crippen molar-refractivity contribution in [3.8, 4) is 5.75 Å². The number of ether oxygens (including phenoxy) is 1. The van der Waals surface area contributed by atoms with Crippen LogP contribution in [0.3, 0.4) is 0 Å². The molecule has 22 heavy (non-hydrogen) atoms. The predicted molar refractivity (Wildman–Crippen MR) is 87.9 cm³/mol. The summed E-state index contributed by atoms with van der Waals surface area (Å²) in [5.74, 6) is 0.649. The molecule has 4 heteroatoms. The molecular formula is C18H23NO3. The highest BCUT2D eigenvalue weighted by molar-refractivity contribution is 5.88. The summed E-state index contributed by atoms with van der Waals surface area (Å²) in [4.78, 5) is 11.8. The van der Waals surface area contributed by atoms with Gasteiger partial charge in [0.05, 0.1) is 0 Å². The number of amides is 1. The van der Waals surface area contributed by atoms with E-state index < -0.39 is 11.5 Å². The van der Waals surface area contributed by atoms with Crippen molar-refractivity contribution in [2.45, 2.75) is 26.9 Å². The number of fused-ring (bicyclic) bond motifs is 1. The number of carbonyl (C=O) groups excluding carboxylic acids is 1. The van der Waals surface area contributed by atoms with Crippen molar-refractivity contribution in [2.75, 3.05) is 13.2 Å². The Balaban J connectivity index is 1.91. The van der Waals surface area contributed by atoms with Crippen molar-refractivity contribution in [3.05, 3.63) is 42.5 Å². The molecule has 0 fully saturated rings. The first kappa shape index (κ1) is 16.3. The third-order valence-electron chi connectivity index (χ3n) is 3.36. The van der Waals surface area contributed by atoms with Crippen LogP contribution in [-0.4, -0.2) is 30.3 Å². The Kier molecular flexibility index (Phi) is 5.03. The van der Waals surface area contributed by atoms with Gasteiger partial charge in [-0.25, -0.2) is 0 Å². The van der Waals surface area contributed by atoms with E-state index in [1.54, 1.807) is 0 Å². The molecule has 0 aliphatic carbocycles. The first-order chi connectivity index (χ1) is 10.4. The molecule has 0 saturated carbocycles. The average molecular weight is 301 g/mol. The van der Waals surface area contributed by atoms with Gasteiger partial charge in [-0.2, -0.15) is 0 Å². The first-order valence-electron chi connectivity index (χ1n) is 7.45. The molecule has 2 N–H and O–H groups in total. The topological polar surface area (TPSA) is 58.6 Å². The van der Waals surface area contributed by atoms with Gasteiger partial charge in [-0.1, -0.05) is 57.2 Å². The lowest BCUT2D eigenvalue weighted by atomic mass is 9.96. The number of rotatable bonds is 5. The minimum atomic E-state index is -0.745. The summed E-state index contributed by atoms with van der Waals surface area (Å²) in [5, 5.41) is 14.8. The zero-order valence-corrected chi connectivity index (χ0v) is 13.3. The van der Waals surface area contributed by atoms with Gasteiger partial charge in [-0.05, 0) is 11.5 Å². The number of hydrogen-bond donors (Lipinski definition) is 2. The Morgan fingerprint density at radius 3 is 2.59 bits per heavy atom. The number of nitrogens with one attached hydrogen (secondary N) is 1. The van der Waals surface area contributed by atoms with Crippen molar-refractivity contribution in [3.63, 3.8) is 0 Å². The molecule has 0 aliphatic rings. The second kappa shape index (κ2) is 6.79. The van der Waals surface area contributed by atoms with Gasteiger partial charge in [0.2, 0.25) is 5.91 Å². The van der Waals surface area contributed by atoms with E-state index in [2.05, 4.69) is 5.32 Å². The van der Waals surface area contributed by atoms with Crippen LogP contribution in [0.2, 0.25) is 0 Å². The van der Waals surface area contributed by atoms with Crippen LogP contribution in [0.15, 0.2) is 42.5 Å². The predicted octanol–water partition coefficient (Wildman–Crippen LogP) is 2.74. The Bertz CT molecular complexity index is 641. The fraction of sp³-hybridized carbons (Fsp3) is 0.389. The first-order valence-corrected chi connectivity index (χ1v) is 7.45. The lowest BCUT2D eigenvalue weighted by Crippen LogP contribution is -2.40. The summed E-state index contributed by atoms with van der Waals surface area (Å²) in [5.41, 5.74) is -0.462. The van der Waals surface area contributed by atoms with Crippen LogP contribution in [0.25, 0.3) is 10.8 Å². The van der Waals surface area contributed by atoms with E-state index in [9.17, 15) is 9.90 Å². The van der Waals surface area contributed by atoms with Gasteiger partial charge in [0, 0.05) is 17.3 Å². The molecule has 4 nitrogen and oxygen atoms in total. The average Bonchev–Trinajstić information content (AvgIpc) is 2.49. The van der Waals surface area contributed by atoms with Crippen molar-refractivity contribution in [1.29, 1.82) is 0 Å². The van der Waals surface area contributed by atoms with Crippen LogP contribution in [-0.2, 0) is 4.79 Å². The zero-order chi connectivity index (χ0) is 16.2. The molecule has 2 aromatic carbocycles. The van der Waals surface area contributed by atoms with Crippen LogP contribution in [0, 0.1) is 5.41 Å². The van der Waals surface area contributed by atoms with E-state index in [0.29, 0.717) is 0 Å². The quantitative estimate of drug-likeness (QED) is 0.893. The number of aliphatic hydroxyl groups is 1. The highest BCUT2D eigenvalue weighted by Crippen LogP contribution is 2.25. The SMILES string of the molecule is CC(C)(C)C(=O)NCC(O)COc1cccc2ccccc12. The molecular weight excluding hydrogens is 278 g/mol. The van der Waals surface area contributed by atoms with Crippen LogP contribution >= 0.6 is 0 Å². The standard InChI is InChI=1S/C18H23NO3/c1-18(2,3)17(21)19-11-14(20)12-22-16-10-6-8-13-7-4-5-9-15(13)16/h4-10,14,20H,11-12H2,1-3H3,(H,19,21). The highest BCUT2D eigenvalue weighted by atomic mass is 16.5. The Morgan fingerprint density at radius 1 is 1.18 bits per heavy atom. The minimum absolute atomic E-state index is 0.0864. The van der Waals surface area contributed by atoms with Gasteiger partial charge in [0.25, 0.3) is 0 Å². The molecule has 2 rings (SSSR count). The number of aliphatic hydroxyl groups excluding tert-OH is 1. The number of benzene rings is 2. The molecule has 1 unspecified atom stereocenters. The fourth-order valence-electron chi connectivity index (χ4n) is 2.04. The monoisotopic (exact) mass is 301 g/mol. The van der Waals surface area contributed by atoms with E-state index in [1.807, 2.05) is 63.2 Å². The van der Waals surface area contributed by atoms with Crippen molar-refractivity contribution >= 4 is 16.7 Å². The third kappa shape index (κ3) is 4.21. The maximum atomic E-state index is 11.8. The summed E-state index contributed by atoms with van der Waals surface area (Å²) < 4.78 is 5.70. The van der Waals surface area contributed by atoms with Gasteiger partial charge in [-0.3, -0.25) is 4.79 Å². The van der Waals surface area contributed by atoms with Crippen LogP contribution in [0.1, 0.15) is 20.8 Å². The van der Waals surface area contributed by atoms with Crippen molar-refractivity contribution in [2.24, 2.45) is 5.41 Å². The summed E-state index contributed by atoms with van der Waals surface area (Å²) in [7, 11) is 0. The molecule has 0 aromatic heterocycles. The summed E-state index contributed by atoms with van der Waals surface area (Å²) in [6.45, 7) is 5.82. The molecule has 0 bridgehead atoms. The molecule has 1 atom stereocenters. The Morgan fingerprint density at radius 2 is 1.86 bits per heavy atom. The summed E-state index contributed by atoms with van der Waals surface area (Å²) >= 11 is 0. The fourth-order valence-corrected chi connectivity index (χ4v) is 2.04. The minimum Gasteiger partial charge on any atom is -0.490 e. The summed E-state index contributed by atoms with van der Waals surface area (Å²) in [6, 6.07) is 13.7. The van der Waals surface area contributed by atoms with Crippen LogP contribution in [0.5, 0.6) is 5.75 Å². The lowest BCUT2D eigenvalue weighted by molar-refractivity contribution is -0.129. The van der Waals surface area contributed by atoms with Crippen molar-refractivity contribution < 1.29 is 14.6 Å². The van der Waals surface area contributed by atoms with Gasteiger partial charge in [-0.15, -0.1) is 0 Å². The maximum absolute atomic E-state index is 11.8.